The molecule has 1 aromatic rings. The number of pyridine rings is 1. The lowest BCUT2D eigenvalue weighted by Crippen LogP contribution is -2.42. The molecule has 1 aromatic heterocycles. The number of hydrogen-bond acceptors (Lipinski definition) is 3. The van der Waals surface area contributed by atoms with Crippen molar-refractivity contribution in [2.45, 2.75) is 45.4 Å². The number of nitrogens with one attached hydrogen (secondary N) is 1. The second kappa shape index (κ2) is 11.0. The maximum atomic E-state index is 12.5. The van der Waals surface area contributed by atoms with E-state index in [9.17, 15) is 4.79 Å². The molecule has 0 radical (unpaired) electrons. The minimum atomic E-state index is 0. The molecule has 2 aliphatic rings. The Hall–Kier alpha value is -1.38. The summed E-state index contributed by atoms with van der Waals surface area (Å²) in [6.07, 6.45) is 9.23. The van der Waals surface area contributed by atoms with Gasteiger partial charge >= 0.3 is 0 Å². The largest absolute Gasteiger partial charge is 0.357 e. The first-order valence-electron chi connectivity index (χ1n) is 10.3. The van der Waals surface area contributed by atoms with Crippen LogP contribution in [0, 0.1) is 5.41 Å². The van der Waals surface area contributed by atoms with Crippen molar-refractivity contribution in [3.05, 3.63) is 30.1 Å². The number of likely N-dealkylation sites (tertiary alicyclic amines) is 1. The van der Waals surface area contributed by atoms with E-state index in [-0.39, 0.29) is 36.4 Å². The number of amides is 1. The minimum Gasteiger partial charge on any atom is -0.357 e. The quantitative estimate of drug-likeness (QED) is 0.372. The topological polar surface area (TPSA) is 60.8 Å². The van der Waals surface area contributed by atoms with Crippen LogP contribution in [-0.2, 0) is 11.2 Å². The Kier molecular flexibility index (Phi) is 8.98. The zero-order valence-electron chi connectivity index (χ0n) is 17.2. The second-order valence-corrected chi connectivity index (χ2v) is 7.94. The number of carbonyl (C=O) groups is 1. The number of nitrogens with zero attached hydrogens (tertiary/aromatic N) is 4. The molecule has 2 fully saturated rings. The number of aliphatic imine (C=N–C) groups is 1. The van der Waals surface area contributed by atoms with Crippen molar-refractivity contribution < 1.29 is 4.79 Å². The highest BCUT2D eigenvalue weighted by Crippen LogP contribution is 2.45. The SMILES string of the molecule is CCNC(=NCC(=O)N(C)CCc1ccccn1)N1CCC2(CCCC2)C1.I. The van der Waals surface area contributed by atoms with Gasteiger partial charge in [0.2, 0.25) is 5.91 Å². The van der Waals surface area contributed by atoms with Crippen LogP contribution in [0.5, 0.6) is 0 Å². The predicted molar refractivity (Wildman–Crippen MR) is 124 cm³/mol. The van der Waals surface area contributed by atoms with Gasteiger partial charge in [-0.05, 0) is 43.7 Å². The van der Waals surface area contributed by atoms with Crippen LogP contribution in [0.3, 0.4) is 0 Å². The minimum absolute atomic E-state index is 0. The van der Waals surface area contributed by atoms with E-state index >= 15 is 0 Å². The van der Waals surface area contributed by atoms with Crippen molar-refractivity contribution in [1.29, 1.82) is 0 Å². The molecular weight excluding hydrogens is 465 g/mol. The molecular formula is C21H34IN5O. The number of guanidine groups is 1. The fourth-order valence-electron chi connectivity index (χ4n) is 4.29. The molecule has 2 heterocycles. The molecule has 1 saturated heterocycles. The molecule has 0 bridgehead atoms. The summed E-state index contributed by atoms with van der Waals surface area (Å²) in [7, 11) is 1.84. The summed E-state index contributed by atoms with van der Waals surface area (Å²) in [5.41, 5.74) is 1.51. The van der Waals surface area contributed by atoms with Crippen LogP contribution in [0.4, 0.5) is 0 Å². The van der Waals surface area contributed by atoms with Gasteiger partial charge in [0.25, 0.3) is 0 Å². The first kappa shape index (κ1) is 22.9. The Bertz CT molecular complexity index is 645. The van der Waals surface area contributed by atoms with Gasteiger partial charge in [-0.3, -0.25) is 9.78 Å². The van der Waals surface area contributed by atoms with Crippen LogP contribution in [-0.4, -0.2) is 66.4 Å². The predicted octanol–water partition coefficient (Wildman–Crippen LogP) is 2.93. The monoisotopic (exact) mass is 499 g/mol. The highest BCUT2D eigenvalue weighted by Gasteiger charge is 2.41. The normalized spacial score (nSPS) is 18.2. The van der Waals surface area contributed by atoms with Crippen LogP contribution >= 0.6 is 24.0 Å². The van der Waals surface area contributed by atoms with Gasteiger partial charge < -0.3 is 15.1 Å². The zero-order chi connectivity index (χ0) is 19.1. The second-order valence-electron chi connectivity index (χ2n) is 7.94. The highest BCUT2D eigenvalue weighted by atomic mass is 127. The van der Waals surface area contributed by atoms with Crippen LogP contribution in [0.2, 0.25) is 0 Å². The molecule has 1 spiro atoms. The molecule has 1 amide bonds. The number of halogens is 1. The summed E-state index contributed by atoms with van der Waals surface area (Å²) in [6.45, 7) is 5.90. The molecule has 6 nitrogen and oxygen atoms in total. The Morgan fingerprint density at radius 3 is 2.79 bits per heavy atom. The summed E-state index contributed by atoms with van der Waals surface area (Å²) < 4.78 is 0. The van der Waals surface area contributed by atoms with E-state index < -0.39 is 0 Å². The Morgan fingerprint density at radius 1 is 1.32 bits per heavy atom. The molecule has 1 aliphatic heterocycles. The smallest absolute Gasteiger partial charge is 0.244 e. The summed E-state index contributed by atoms with van der Waals surface area (Å²) in [4.78, 5) is 25.6. The van der Waals surface area contributed by atoms with Crippen molar-refractivity contribution in [2.24, 2.45) is 10.4 Å². The average Bonchev–Trinajstić information content (AvgIpc) is 3.33. The van der Waals surface area contributed by atoms with Gasteiger partial charge in [0, 0.05) is 51.5 Å². The molecule has 0 aromatic carbocycles. The van der Waals surface area contributed by atoms with Crippen molar-refractivity contribution in [1.82, 2.24) is 20.1 Å². The average molecular weight is 499 g/mol. The Labute approximate surface area is 186 Å². The third-order valence-electron chi connectivity index (χ3n) is 5.96. The number of aromatic nitrogens is 1. The van der Waals surface area contributed by atoms with E-state index in [1.807, 2.05) is 25.2 Å². The number of carbonyl (C=O) groups excluding carboxylic acids is 1. The number of rotatable bonds is 6. The molecule has 1 aliphatic carbocycles. The number of hydrogen-bond donors (Lipinski definition) is 1. The Balaban J connectivity index is 0.00000280. The van der Waals surface area contributed by atoms with Crippen LogP contribution in [0.25, 0.3) is 0 Å². The van der Waals surface area contributed by atoms with E-state index in [1.54, 1.807) is 11.1 Å². The molecule has 0 atom stereocenters. The summed E-state index contributed by atoms with van der Waals surface area (Å²) in [5.74, 6) is 0.948. The van der Waals surface area contributed by atoms with E-state index in [0.29, 0.717) is 12.0 Å². The van der Waals surface area contributed by atoms with Gasteiger partial charge in [-0.1, -0.05) is 18.9 Å². The standard InChI is InChI=1S/C21H33N5O.HI/c1-3-22-20(26-15-12-21(17-26)10-5-6-11-21)24-16-19(27)25(2)14-9-18-8-4-7-13-23-18;/h4,7-8,13H,3,5-6,9-12,14-17H2,1-2H3,(H,22,24);1H. The van der Waals surface area contributed by atoms with Gasteiger partial charge in [-0.15, -0.1) is 24.0 Å². The first-order chi connectivity index (χ1) is 13.1. The first-order valence-corrected chi connectivity index (χ1v) is 10.3. The van der Waals surface area contributed by atoms with Gasteiger partial charge in [0.05, 0.1) is 0 Å². The molecule has 1 saturated carbocycles. The van der Waals surface area contributed by atoms with Crippen molar-refractivity contribution >= 4 is 35.8 Å². The van der Waals surface area contributed by atoms with E-state index in [2.05, 4.69) is 27.1 Å². The maximum Gasteiger partial charge on any atom is 0.244 e. The van der Waals surface area contributed by atoms with Crippen molar-refractivity contribution in [3.63, 3.8) is 0 Å². The number of likely N-dealkylation sites (N-methyl/N-ethyl adjacent to an activating group) is 1. The van der Waals surface area contributed by atoms with Crippen molar-refractivity contribution in [3.8, 4) is 0 Å². The fraction of sp³-hybridized carbons (Fsp3) is 0.667. The molecule has 156 valence electrons. The molecule has 7 heteroatoms. The van der Waals surface area contributed by atoms with Gasteiger partial charge in [-0.2, -0.15) is 0 Å². The van der Waals surface area contributed by atoms with E-state index in [1.165, 1.54) is 32.1 Å². The van der Waals surface area contributed by atoms with Crippen LogP contribution in [0.1, 0.15) is 44.7 Å². The molecule has 3 rings (SSSR count). The van der Waals surface area contributed by atoms with Crippen molar-refractivity contribution in [2.75, 3.05) is 39.8 Å². The van der Waals surface area contributed by atoms with E-state index in [0.717, 1.165) is 37.7 Å². The third-order valence-corrected chi connectivity index (χ3v) is 5.96. The van der Waals surface area contributed by atoms with Gasteiger partial charge in [-0.25, -0.2) is 4.99 Å². The summed E-state index contributed by atoms with van der Waals surface area (Å²) >= 11 is 0. The zero-order valence-corrected chi connectivity index (χ0v) is 19.5. The van der Waals surface area contributed by atoms with Gasteiger partial charge in [0.15, 0.2) is 5.96 Å². The van der Waals surface area contributed by atoms with Gasteiger partial charge in [0.1, 0.15) is 6.54 Å². The fourth-order valence-corrected chi connectivity index (χ4v) is 4.29. The maximum absolute atomic E-state index is 12.5. The van der Waals surface area contributed by atoms with E-state index in [4.69, 9.17) is 0 Å². The molecule has 0 unspecified atom stereocenters. The summed E-state index contributed by atoms with van der Waals surface area (Å²) in [6, 6.07) is 5.87. The lowest BCUT2D eigenvalue weighted by atomic mass is 9.86. The lowest BCUT2D eigenvalue weighted by Gasteiger charge is -2.26. The molecule has 28 heavy (non-hydrogen) atoms. The molecule has 1 N–H and O–H groups in total. The van der Waals surface area contributed by atoms with Crippen LogP contribution in [0.15, 0.2) is 29.4 Å². The highest BCUT2D eigenvalue weighted by molar-refractivity contribution is 14.0. The lowest BCUT2D eigenvalue weighted by molar-refractivity contribution is -0.128. The Morgan fingerprint density at radius 2 is 2.11 bits per heavy atom. The van der Waals surface area contributed by atoms with Crippen LogP contribution < -0.4 is 5.32 Å². The third kappa shape index (κ3) is 6.06. The summed E-state index contributed by atoms with van der Waals surface area (Å²) in [5, 5.41) is 3.38.